The standard InChI is InChI=1S/C14H20O2/c1-4-11(3)14(15)16-13(5-2)12-9-7-6-8-10-12/h6-11,13H,4-5H2,1-3H3. The van der Waals surface area contributed by atoms with Gasteiger partial charge in [0.15, 0.2) is 0 Å². The van der Waals surface area contributed by atoms with Crippen LogP contribution in [-0.4, -0.2) is 5.97 Å². The van der Waals surface area contributed by atoms with Gasteiger partial charge in [0.1, 0.15) is 6.10 Å². The summed E-state index contributed by atoms with van der Waals surface area (Å²) >= 11 is 0. The molecule has 0 saturated carbocycles. The summed E-state index contributed by atoms with van der Waals surface area (Å²) in [6.07, 6.45) is 1.53. The van der Waals surface area contributed by atoms with Gasteiger partial charge in [0, 0.05) is 0 Å². The van der Waals surface area contributed by atoms with Crippen molar-refractivity contribution in [2.24, 2.45) is 5.92 Å². The SMILES string of the molecule is CCC(C)C(=O)OC(CC)c1ccccc1. The van der Waals surface area contributed by atoms with E-state index in [9.17, 15) is 4.79 Å². The van der Waals surface area contributed by atoms with Crippen LogP contribution in [0, 0.1) is 5.92 Å². The fourth-order valence-corrected chi connectivity index (χ4v) is 1.48. The van der Waals surface area contributed by atoms with Crippen LogP contribution < -0.4 is 0 Å². The molecule has 2 heteroatoms. The van der Waals surface area contributed by atoms with Crippen molar-refractivity contribution in [1.82, 2.24) is 0 Å². The molecule has 1 aromatic carbocycles. The second-order valence-corrected chi connectivity index (χ2v) is 4.05. The van der Waals surface area contributed by atoms with Crippen LogP contribution in [0.4, 0.5) is 0 Å². The number of hydrogen-bond acceptors (Lipinski definition) is 2. The number of esters is 1. The second kappa shape index (κ2) is 6.31. The van der Waals surface area contributed by atoms with E-state index in [1.54, 1.807) is 0 Å². The summed E-state index contributed by atoms with van der Waals surface area (Å²) in [5.74, 6) is -0.115. The van der Waals surface area contributed by atoms with Crippen molar-refractivity contribution < 1.29 is 9.53 Å². The van der Waals surface area contributed by atoms with Crippen molar-refractivity contribution >= 4 is 5.97 Å². The first-order valence-electron chi connectivity index (χ1n) is 5.94. The molecule has 0 saturated heterocycles. The summed E-state index contributed by atoms with van der Waals surface area (Å²) in [5.41, 5.74) is 1.07. The molecular weight excluding hydrogens is 200 g/mol. The van der Waals surface area contributed by atoms with Crippen molar-refractivity contribution in [1.29, 1.82) is 0 Å². The van der Waals surface area contributed by atoms with Gasteiger partial charge in [-0.2, -0.15) is 0 Å². The van der Waals surface area contributed by atoms with Gasteiger partial charge in [-0.15, -0.1) is 0 Å². The molecule has 0 aliphatic rings. The lowest BCUT2D eigenvalue weighted by molar-refractivity contribution is -0.154. The fourth-order valence-electron chi connectivity index (χ4n) is 1.48. The molecule has 2 atom stereocenters. The predicted molar refractivity (Wildman–Crippen MR) is 65.0 cm³/mol. The number of rotatable bonds is 5. The Hall–Kier alpha value is -1.31. The Balaban J connectivity index is 2.66. The molecule has 0 aromatic heterocycles. The highest BCUT2D eigenvalue weighted by Gasteiger charge is 2.18. The first-order chi connectivity index (χ1) is 7.69. The Morgan fingerprint density at radius 2 is 1.81 bits per heavy atom. The number of carbonyl (C=O) groups is 1. The Kier molecular flexibility index (Phi) is 5.03. The van der Waals surface area contributed by atoms with E-state index >= 15 is 0 Å². The van der Waals surface area contributed by atoms with E-state index in [-0.39, 0.29) is 18.0 Å². The summed E-state index contributed by atoms with van der Waals surface area (Å²) in [6.45, 7) is 5.93. The molecule has 0 aliphatic heterocycles. The zero-order valence-electron chi connectivity index (χ0n) is 10.3. The van der Waals surface area contributed by atoms with Crippen LogP contribution in [0.5, 0.6) is 0 Å². The second-order valence-electron chi connectivity index (χ2n) is 4.05. The summed E-state index contributed by atoms with van der Waals surface area (Å²) < 4.78 is 5.50. The lowest BCUT2D eigenvalue weighted by Gasteiger charge is -2.18. The van der Waals surface area contributed by atoms with Crippen LogP contribution in [0.25, 0.3) is 0 Å². The molecular formula is C14H20O2. The smallest absolute Gasteiger partial charge is 0.309 e. The average Bonchev–Trinajstić information content (AvgIpc) is 2.35. The monoisotopic (exact) mass is 220 g/mol. The number of carbonyl (C=O) groups excluding carboxylic acids is 1. The number of hydrogen-bond donors (Lipinski definition) is 0. The van der Waals surface area contributed by atoms with Crippen LogP contribution in [-0.2, 0) is 9.53 Å². The molecule has 0 spiro atoms. The zero-order chi connectivity index (χ0) is 12.0. The normalized spacial score (nSPS) is 14.2. The van der Waals surface area contributed by atoms with Crippen LogP contribution >= 0.6 is 0 Å². The first-order valence-corrected chi connectivity index (χ1v) is 5.94. The zero-order valence-corrected chi connectivity index (χ0v) is 10.3. The molecule has 88 valence electrons. The molecule has 0 fully saturated rings. The van der Waals surface area contributed by atoms with Crippen LogP contribution in [0.2, 0.25) is 0 Å². The molecule has 2 nitrogen and oxygen atoms in total. The van der Waals surface area contributed by atoms with Crippen LogP contribution in [0.1, 0.15) is 45.3 Å². The topological polar surface area (TPSA) is 26.3 Å². The van der Waals surface area contributed by atoms with E-state index < -0.39 is 0 Å². The van der Waals surface area contributed by atoms with Crippen molar-refractivity contribution in [2.75, 3.05) is 0 Å². The van der Waals surface area contributed by atoms with Gasteiger partial charge in [-0.25, -0.2) is 0 Å². The highest BCUT2D eigenvalue weighted by atomic mass is 16.5. The summed E-state index contributed by atoms with van der Waals surface area (Å²) in [5, 5.41) is 0. The highest BCUT2D eigenvalue weighted by molar-refractivity contribution is 5.72. The number of ether oxygens (including phenoxy) is 1. The summed E-state index contributed by atoms with van der Waals surface area (Å²) in [7, 11) is 0. The Morgan fingerprint density at radius 1 is 1.19 bits per heavy atom. The van der Waals surface area contributed by atoms with Crippen molar-refractivity contribution in [3.05, 3.63) is 35.9 Å². The maximum Gasteiger partial charge on any atom is 0.309 e. The Labute approximate surface area is 97.6 Å². The molecule has 0 aliphatic carbocycles. The summed E-state index contributed by atoms with van der Waals surface area (Å²) in [6, 6.07) is 9.90. The van der Waals surface area contributed by atoms with Crippen LogP contribution in [0.3, 0.4) is 0 Å². The van der Waals surface area contributed by atoms with Crippen molar-refractivity contribution in [3.8, 4) is 0 Å². The molecule has 0 N–H and O–H groups in total. The quantitative estimate of drug-likeness (QED) is 0.707. The maximum absolute atomic E-state index is 11.7. The van der Waals surface area contributed by atoms with E-state index in [2.05, 4.69) is 0 Å². The van der Waals surface area contributed by atoms with Crippen LogP contribution in [0.15, 0.2) is 30.3 Å². The van der Waals surface area contributed by atoms with E-state index in [0.29, 0.717) is 0 Å². The van der Waals surface area contributed by atoms with E-state index in [1.165, 1.54) is 0 Å². The molecule has 0 radical (unpaired) electrons. The Morgan fingerprint density at radius 3 is 2.31 bits per heavy atom. The molecule has 16 heavy (non-hydrogen) atoms. The number of benzene rings is 1. The third-order valence-corrected chi connectivity index (χ3v) is 2.82. The lowest BCUT2D eigenvalue weighted by Crippen LogP contribution is -2.17. The minimum Gasteiger partial charge on any atom is -0.457 e. The van der Waals surface area contributed by atoms with Gasteiger partial charge in [-0.1, -0.05) is 51.1 Å². The van der Waals surface area contributed by atoms with Gasteiger partial charge in [0.25, 0.3) is 0 Å². The van der Waals surface area contributed by atoms with Gasteiger partial charge in [-0.05, 0) is 18.4 Å². The van der Waals surface area contributed by atoms with Gasteiger partial charge in [-0.3, -0.25) is 4.79 Å². The minimum absolute atomic E-state index is 0.0160. The van der Waals surface area contributed by atoms with Gasteiger partial charge in [0.2, 0.25) is 0 Å². The average molecular weight is 220 g/mol. The largest absolute Gasteiger partial charge is 0.457 e. The van der Waals surface area contributed by atoms with Gasteiger partial charge in [0.05, 0.1) is 5.92 Å². The van der Waals surface area contributed by atoms with Gasteiger partial charge >= 0.3 is 5.97 Å². The lowest BCUT2D eigenvalue weighted by atomic mass is 10.1. The van der Waals surface area contributed by atoms with E-state index in [0.717, 1.165) is 18.4 Å². The molecule has 0 heterocycles. The van der Waals surface area contributed by atoms with E-state index in [4.69, 9.17) is 4.74 Å². The molecule has 1 aromatic rings. The van der Waals surface area contributed by atoms with Crippen molar-refractivity contribution in [3.63, 3.8) is 0 Å². The Bertz CT molecular complexity index is 319. The predicted octanol–water partition coefficient (Wildman–Crippen LogP) is 3.73. The molecule has 1 rings (SSSR count). The minimum atomic E-state index is -0.109. The highest BCUT2D eigenvalue weighted by Crippen LogP contribution is 2.22. The fraction of sp³-hybridized carbons (Fsp3) is 0.500. The third kappa shape index (κ3) is 3.37. The maximum atomic E-state index is 11.7. The third-order valence-electron chi connectivity index (χ3n) is 2.82. The molecule has 0 bridgehead atoms. The molecule has 2 unspecified atom stereocenters. The van der Waals surface area contributed by atoms with E-state index in [1.807, 2.05) is 51.1 Å². The summed E-state index contributed by atoms with van der Waals surface area (Å²) in [4.78, 5) is 11.7. The van der Waals surface area contributed by atoms with Gasteiger partial charge < -0.3 is 4.74 Å². The first kappa shape index (κ1) is 12.8. The molecule has 0 amide bonds. The van der Waals surface area contributed by atoms with Crippen molar-refractivity contribution in [2.45, 2.75) is 39.7 Å².